The van der Waals surface area contributed by atoms with Gasteiger partial charge in [0.05, 0.1) is 10.4 Å². The third-order valence-electron chi connectivity index (χ3n) is 3.15. The van der Waals surface area contributed by atoms with Crippen LogP contribution in [-0.2, 0) is 0 Å². The van der Waals surface area contributed by atoms with Crippen molar-refractivity contribution in [2.24, 2.45) is 0 Å². The third kappa shape index (κ3) is 2.46. The molecule has 104 valence electrons. The number of nitrogen functional groups attached to an aromatic ring is 1. The van der Waals surface area contributed by atoms with Crippen LogP contribution in [0.25, 0.3) is 10.9 Å². The van der Waals surface area contributed by atoms with Crippen molar-refractivity contribution in [3.05, 3.63) is 64.8 Å². The predicted molar refractivity (Wildman–Crippen MR) is 82.5 cm³/mol. The molecule has 0 radical (unpaired) electrons. The van der Waals surface area contributed by atoms with Gasteiger partial charge in [-0.3, -0.25) is 15.1 Å². The first-order valence-corrected chi connectivity index (χ1v) is 6.30. The van der Waals surface area contributed by atoms with Gasteiger partial charge < -0.3 is 11.1 Å². The molecule has 1 heterocycles. The lowest BCUT2D eigenvalue weighted by molar-refractivity contribution is -0.383. The second-order valence-electron chi connectivity index (χ2n) is 4.53. The van der Waals surface area contributed by atoms with Crippen LogP contribution in [0.4, 0.5) is 22.7 Å². The normalized spacial score (nSPS) is 10.5. The number of nitrogens with zero attached hydrogens (tertiary/aromatic N) is 2. The van der Waals surface area contributed by atoms with Gasteiger partial charge in [-0.2, -0.15) is 0 Å². The number of pyridine rings is 1. The van der Waals surface area contributed by atoms with Gasteiger partial charge in [-0.25, -0.2) is 0 Å². The highest BCUT2D eigenvalue weighted by Crippen LogP contribution is 2.29. The highest BCUT2D eigenvalue weighted by atomic mass is 16.6. The fourth-order valence-electron chi connectivity index (χ4n) is 2.17. The van der Waals surface area contributed by atoms with Crippen molar-refractivity contribution in [2.75, 3.05) is 11.1 Å². The van der Waals surface area contributed by atoms with Crippen LogP contribution < -0.4 is 11.1 Å². The van der Waals surface area contributed by atoms with Gasteiger partial charge >= 0.3 is 0 Å². The van der Waals surface area contributed by atoms with E-state index >= 15 is 0 Å². The molecule has 3 N–H and O–H groups in total. The number of anilines is 3. The van der Waals surface area contributed by atoms with Crippen molar-refractivity contribution in [3.8, 4) is 0 Å². The van der Waals surface area contributed by atoms with Crippen LogP contribution in [0.2, 0.25) is 0 Å². The molecule has 3 aromatic rings. The van der Waals surface area contributed by atoms with E-state index in [9.17, 15) is 10.1 Å². The molecule has 0 aliphatic heterocycles. The molecule has 0 unspecified atom stereocenters. The van der Waals surface area contributed by atoms with E-state index in [2.05, 4.69) is 10.3 Å². The summed E-state index contributed by atoms with van der Waals surface area (Å²) in [6, 6.07) is 14.1. The number of nitrogens with two attached hydrogens (primary N) is 1. The van der Waals surface area contributed by atoms with Crippen molar-refractivity contribution in [3.63, 3.8) is 0 Å². The van der Waals surface area contributed by atoms with Crippen molar-refractivity contribution in [1.29, 1.82) is 0 Å². The average Bonchev–Trinajstić information content (AvgIpc) is 2.47. The molecule has 3 rings (SSSR count). The van der Waals surface area contributed by atoms with Crippen LogP contribution in [0.3, 0.4) is 0 Å². The number of hydrogen-bond acceptors (Lipinski definition) is 5. The number of benzene rings is 2. The van der Waals surface area contributed by atoms with Crippen LogP contribution in [0.15, 0.2) is 54.7 Å². The Morgan fingerprint density at radius 2 is 2.00 bits per heavy atom. The Balaban J connectivity index is 1.99. The molecule has 0 atom stereocenters. The third-order valence-corrected chi connectivity index (χ3v) is 3.15. The largest absolute Gasteiger partial charge is 0.393 e. The Labute approximate surface area is 120 Å². The van der Waals surface area contributed by atoms with Crippen molar-refractivity contribution in [2.45, 2.75) is 0 Å². The molecule has 0 bridgehead atoms. The molecule has 1 aromatic heterocycles. The van der Waals surface area contributed by atoms with Crippen LogP contribution >= 0.6 is 0 Å². The minimum absolute atomic E-state index is 0.0971. The Bertz CT molecular complexity index is 828. The first-order valence-electron chi connectivity index (χ1n) is 6.30. The van der Waals surface area contributed by atoms with E-state index in [-0.39, 0.29) is 11.4 Å². The van der Waals surface area contributed by atoms with E-state index in [1.165, 1.54) is 6.07 Å². The summed E-state index contributed by atoms with van der Waals surface area (Å²) < 4.78 is 0. The molecule has 6 nitrogen and oxygen atoms in total. The van der Waals surface area contributed by atoms with Crippen molar-refractivity contribution < 1.29 is 4.92 Å². The SMILES string of the molecule is Nc1cc(Nc2cccc3ncccc23)ccc1[N+](=O)[O-]. The maximum atomic E-state index is 10.8. The molecule has 21 heavy (non-hydrogen) atoms. The van der Waals surface area contributed by atoms with E-state index < -0.39 is 4.92 Å². The van der Waals surface area contributed by atoms with Gasteiger partial charge in [0.25, 0.3) is 5.69 Å². The van der Waals surface area contributed by atoms with Crippen LogP contribution in [0, 0.1) is 10.1 Å². The minimum atomic E-state index is -0.499. The average molecular weight is 280 g/mol. The molecule has 0 saturated carbocycles. The zero-order valence-corrected chi connectivity index (χ0v) is 11.0. The summed E-state index contributed by atoms with van der Waals surface area (Å²) in [6.07, 6.45) is 1.73. The lowest BCUT2D eigenvalue weighted by Crippen LogP contribution is -1.98. The van der Waals surface area contributed by atoms with Crippen LogP contribution in [0.1, 0.15) is 0 Å². The predicted octanol–water partition coefficient (Wildman–Crippen LogP) is 3.47. The first kappa shape index (κ1) is 12.9. The molecule has 0 spiro atoms. The zero-order valence-electron chi connectivity index (χ0n) is 11.0. The zero-order chi connectivity index (χ0) is 14.8. The van der Waals surface area contributed by atoms with Gasteiger partial charge in [0.1, 0.15) is 5.69 Å². The summed E-state index contributed by atoms with van der Waals surface area (Å²) in [5, 5.41) is 14.9. The molecule has 0 amide bonds. The summed E-state index contributed by atoms with van der Waals surface area (Å²) in [5.74, 6) is 0. The monoisotopic (exact) mass is 280 g/mol. The Kier molecular flexibility index (Phi) is 3.12. The lowest BCUT2D eigenvalue weighted by atomic mass is 10.1. The molecule has 0 aliphatic carbocycles. The Morgan fingerprint density at radius 3 is 2.76 bits per heavy atom. The van der Waals surface area contributed by atoms with Gasteiger partial charge in [0.15, 0.2) is 0 Å². The summed E-state index contributed by atoms with van der Waals surface area (Å²) in [4.78, 5) is 14.5. The molecule has 2 aromatic carbocycles. The van der Waals surface area contributed by atoms with Gasteiger partial charge in [-0.15, -0.1) is 0 Å². The fraction of sp³-hybridized carbons (Fsp3) is 0. The fourth-order valence-corrected chi connectivity index (χ4v) is 2.17. The number of hydrogen-bond donors (Lipinski definition) is 2. The van der Waals surface area contributed by atoms with Crippen molar-refractivity contribution >= 4 is 33.7 Å². The molecule has 6 heteroatoms. The Hall–Kier alpha value is -3.15. The van der Waals surface area contributed by atoms with Crippen LogP contribution in [-0.4, -0.2) is 9.91 Å². The number of nitrogens with one attached hydrogen (secondary N) is 1. The van der Waals surface area contributed by atoms with Gasteiger partial charge in [-0.1, -0.05) is 6.07 Å². The van der Waals surface area contributed by atoms with E-state index in [1.54, 1.807) is 18.3 Å². The number of rotatable bonds is 3. The highest BCUT2D eigenvalue weighted by molar-refractivity contribution is 5.93. The van der Waals surface area contributed by atoms with Crippen LogP contribution in [0.5, 0.6) is 0 Å². The second-order valence-corrected chi connectivity index (χ2v) is 4.53. The summed E-state index contributed by atoms with van der Waals surface area (Å²) in [7, 11) is 0. The van der Waals surface area contributed by atoms with E-state index in [1.807, 2.05) is 30.3 Å². The smallest absolute Gasteiger partial charge is 0.292 e. The highest BCUT2D eigenvalue weighted by Gasteiger charge is 2.11. The molecule has 0 saturated heterocycles. The molecular weight excluding hydrogens is 268 g/mol. The molecule has 0 fully saturated rings. The number of aromatic nitrogens is 1. The van der Waals surface area contributed by atoms with Crippen molar-refractivity contribution in [1.82, 2.24) is 4.98 Å². The van der Waals surface area contributed by atoms with E-state index in [0.717, 1.165) is 16.6 Å². The topological polar surface area (TPSA) is 94.1 Å². The van der Waals surface area contributed by atoms with Gasteiger partial charge in [0, 0.05) is 29.0 Å². The Morgan fingerprint density at radius 1 is 1.14 bits per heavy atom. The minimum Gasteiger partial charge on any atom is -0.393 e. The van der Waals surface area contributed by atoms with Gasteiger partial charge in [0.2, 0.25) is 0 Å². The summed E-state index contributed by atoms with van der Waals surface area (Å²) in [6.45, 7) is 0. The number of nitro groups is 1. The molecule has 0 aliphatic rings. The number of fused-ring (bicyclic) bond motifs is 1. The second kappa shape index (κ2) is 5.09. The van der Waals surface area contributed by atoms with E-state index in [0.29, 0.717) is 5.69 Å². The summed E-state index contributed by atoms with van der Waals surface area (Å²) >= 11 is 0. The van der Waals surface area contributed by atoms with Gasteiger partial charge in [-0.05, 0) is 36.4 Å². The standard InChI is InChI=1S/C15H12N4O2/c16-12-9-10(6-7-15(12)19(20)21)18-14-5-1-4-13-11(14)3-2-8-17-13/h1-9,18H,16H2. The number of nitro benzene ring substituents is 1. The maximum Gasteiger partial charge on any atom is 0.292 e. The molecular formula is C15H12N4O2. The van der Waals surface area contributed by atoms with E-state index in [4.69, 9.17) is 5.73 Å². The lowest BCUT2D eigenvalue weighted by Gasteiger charge is -2.10. The summed E-state index contributed by atoms with van der Waals surface area (Å²) in [5.41, 5.74) is 8.16. The first-order chi connectivity index (χ1) is 10.1. The maximum absolute atomic E-state index is 10.8. The quantitative estimate of drug-likeness (QED) is 0.435.